The zero-order valence-corrected chi connectivity index (χ0v) is 13.9. The molecule has 0 saturated carbocycles. The molecular formula is C16H20BrNS. The van der Waals surface area contributed by atoms with Crippen molar-refractivity contribution in [2.75, 3.05) is 7.05 Å². The normalized spacial score (nSPS) is 12.6. The molecule has 1 unspecified atom stereocenters. The Morgan fingerprint density at radius 3 is 2.32 bits per heavy atom. The zero-order valence-electron chi connectivity index (χ0n) is 11.4. The molecule has 1 N–H and O–H groups in total. The summed E-state index contributed by atoms with van der Waals surface area (Å²) in [4.78, 5) is 2.96. The predicted molar refractivity (Wildman–Crippen MR) is 88.1 cm³/mol. The van der Waals surface area contributed by atoms with Crippen molar-refractivity contribution >= 4 is 27.3 Å². The van der Waals surface area contributed by atoms with Crippen molar-refractivity contribution in [2.24, 2.45) is 0 Å². The van der Waals surface area contributed by atoms with Crippen molar-refractivity contribution in [3.05, 3.63) is 56.2 Å². The number of benzene rings is 1. The number of thiophene rings is 1. The highest BCUT2D eigenvalue weighted by Gasteiger charge is 2.10. The molecule has 1 nitrogen and oxygen atoms in total. The fraction of sp³-hybridized carbons (Fsp3) is 0.375. The number of rotatable bonds is 6. The third-order valence-corrected chi connectivity index (χ3v) is 5.10. The van der Waals surface area contributed by atoms with Gasteiger partial charge in [0.2, 0.25) is 0 Å². The Kier molecular flexibility index (Phi) is 5.61. The van der Waals surface area contributed by atoms with Gasteiger partial charge in [0.25, 0.3) is 0 Å². The van der Waals surface area contributed by atoms with Gasteiger partial charge in [-0.1, -0.05) is 35.0 Å². The van der Waals surface area contributed by atoms with Crippen LogP contribution < -0.4 is 5.32 Å². The van der Waals surface area contributed by atoms with Crippen LogP contribution in [0.5, 0.6) is 0 Å². The van der Waals surface area contributed by atoms with E-state index in [4.69, 9.17) is 0 Å². The van der Waals surface area contributed by atoms with Crippen LogP contribution in [0.25, 0.3) is 0 Å². The van der Waals surface area contributed by atoms with Crippen LogP contribution in [-0.2, 0) is 19.3 Å². The van der Waals surface area contributed by atoms with E-state index in [0.29, 0.717) is 6.04 Å². The molecule has 0 bridgehead atoms. The second-order valence-corrected chi connectivity index (χ2v) is 6.91. The number of nitrogens with one attached hydrogen (secondary N) is 1. The van der Waals surface area contributed by atoms with Gasteiger partial charge in [-0.05, 0) is 56.1 Å². The van der Waals surface area contributed by atoms with Gasteiger partial charge in [0.1, 0.15) is 0 Å². The average Bonchev–Trinajstić information content (AvgIpc) is 2.88. The Hall–Kier alpha value is -0.640. The molecule has 2 aromatic rings. The first kappa shape index (κ1) is 14.8. The number of aryl methyl sites for hydroxylation is 1. The molecule has 1 aromatic heterocycles. The van der Waals surface area contributed by atoms with Crippen LogP contribution in [0.1, 0.15) is 22.2 Å². The van der Waals surface area contributed by atoms with E-state index < -0.39 is 0 Å². The lowest BCUT2D eigenvalue weighted by molar-refractivity contribution is 0.560. The van der Waals surface area contributed by atoms with E-state index in [2.05, 4.69) is 71.6 Å². The molecule has 19 heavy (non-hydrogen) atoms. The van der Waals surface area contributed by atoms with E-state index in [-0.39, 0.29) is 0 Å². The highest BCUT2D eigenvalue weighted by Crippen LogP contribution is 2.20. The molecule has 0 aliphatic rings. The summed E-state index contributed by atoms with van der Waals surface area (Å²) in [5, 5.41) is 3.44. The second kappa shape index (κ2) is 7.22. The van der Waals surface area contributed by atoms with Crippen LogP contribution in [0.2, 0.25) is 0 Å². The minimum atomic E-state index is 0.504. The lowest BCUT2D eigenvalue weighted by atomic mass is 10.0. The van der Waals surface area contributed by atoms with Gasteiger partial charge >= 0.3 is 0 Å². The summed E-state index contributed by atoms with van der Waals surface area (Å²) >= 11 is 5.42. The summed E-state index contributed by atoms with van der Waals surface area (Å²) in [5.41, 5.74) is 1.38. The Morgan fingerprint density at radius 2 is 1.74 bits per heavy atom. The van der Waals surface area contributed by atoms with Crippen molar-refractivity contribution in [3.63, 3.8) is 0 Å². The monoisotopic (exact) mass is 337 g/mol. The van der Waals surface area contributed by atoms with Gasteiger partial charge < -0.3 is 5.32 Å². The number of halogens is 1. The summed E-state index contributed by atoms with van der Waals surface area (Å²) in [6.45, 7) is 2.22. The molecule has 102 valence electrons. The number of hydrogen-bond acceptors (Lipinski definition) is 2. The van der Waals surface area contributed by atoms with Crippen molar-refractivity contribution in [1.82, 2.24) is 5.32 Å². The Morgan fingerprint density at radius 1 is 1.05 bits per heavy atom. The van der Waals surface area contributed by atoms with E-state index in [9.17, 15) is 0 Å². The van der Waals surface area contributed by atoms with Crippen LogP contribution >= 0.6 is 27.3 Å². The van der Waals surface area contributed by atoms with E-state index in [0.717, 1.165) is 23.7 Å². The lowest BCUT2D eigenvalue weighted by Gasteiger charge is -2.15. The van der Waals surface area contributed by atoms with Crippen molar-refractivity contribution < 1.29 is 0 Å². The summed E-state index contributed by atoms with van der Waals surface area (Å²) in [7, 11) is 2.05. The molecule has 1 heterocycles. The molecular weight excluding hydrogens is 318 g/mol. The third kappa shape index (κ3) is 4.44. The number of hydrogen-bond donors (Lipinski definition) is 1. The van der Waals surface area contributed by atoms with E-state index in [1.54, 1.807) is 0 Å². The highest BCUT2D eigenvalue weighted by molar-refractivity contribution is 9.10. The maximum Gasteiger partial charge on any atom is 0.0175 e. The average molecular weight is 338 g/mol. The zero-order chi connectivity index (χ0) is 13.7. The SMILES string of the molecule is CCc1ccc(CC(Cc2ccc(Br)cc2)NC)s1. The largest absolute Gasteiger partial charge is 0.316 e. The van der Waals surface area contributed by atoms with Crippen LogP contribution in [0.4, 0.5) is 0 Å². The van der Waals surface area contributed by atoms with Crippen LogP contribution in [0.15, 0.2) is 40.9 Å². The van der Waals surface area contributed by atoms with Gasteiger partial charge in [-0.3, -0.25) is 0 Å². The van der Waals surface area contributed by atoms with Crippen molar-refractivity contribution in [2.45, 2.75) is 32.2 Å². The molecule has 2 rings (SSSR count). The molecule has 0 spiro atoms. The van der Waals surface area contributed by atoms with Gasteiger partial charge in [0, 0.05) is 20.3 Å². The summed E-state index contributed by atoms with van der Waals surface area (Å²) < 4.78 is 1.14. The van der Waals surface area contributed by atoms with E-state index >= 15 is 0 Å². The van der Waals surface area contributed by atoms with E-state index in [1.807, 2.05) is 11.3 Å². The van der Waals surface area contributed by atoms with Crippen LogP contribution in [-0.4, -0.2) is 13.1 Å². The summed E-state index contributed by atoms with van der Waals surface area (Å²) in [6, 6.07) is 13.7. The maximum atomic E-state index is 3.48. The fourth-order valence-electron chi connectivity index (χ4n) is 2.15. The summed E-state index contributed by atoms with van der Waals surface area (Å²) in [6.07, 6.45) is 3.32. The minimum Gasteiger partial charge on any atom is -0.316 e. The molecule has 0 aliphatic heterocycles. The Labute approximate surface area is 128 Å². The van der Waals surface area contributed by atoms with Crippen LogP contribution in [0.3, 0.4) is 0 Å². The third-order valence-electron chi connectivity index (χ3n) is 3.32. The molecule has 0 amide bonds. The first-order valence-electron chi connectivity index (χ1n) is 6.70. The quantitative estimate of drug-likeness (QED) is 0.821. The molecule has 1 atom stereocenters. The van der Waals surface area contributed by atoms with Gasteiger partial charge in [0.15, 0.2) is 0 Å². The number of likely N-dealkylation sites (N-methyl/N-ethyl adjacent to an activating group) is 1. The Balaban J connectivity index is 1.98. The van der Waals surface area contributed by atoms with Crippen LogP contribution in [0, 0.1) is 0 Å². The minimum absolute atomic E-state index is 0.504. The highest BCUT2D eigenvalue weighted by atomic mass is 79.9. The van der Waals surface area contributed by atoms with Gasteiger partial charge in [-0.25, -0.2) is 0 Å². The van der Waals surface area contributed by atoms with Crippen molar-refractivity contribution in [1.29, 1.82) is 0 Å². The van der Waals surface area contributed by atoms with Gasteiger partial charge in [0.05, 0.1) is 0 Å². The summed E-state index contributed by atoms with van der Waals surface area (Å²) in [5.74, 6) is 0. The first-order chi connectivity index (χ1) is 9.21. The molecule has 0 aliphatic carbocycles. The van der Waals surface area contributed by atoms with E-state index in [1.165, 1.54) is 15.3 Å². The molecule has 0 saturated heterocycles. The molecule has 0 radical (unpaired) electrons. The molecule has 1 aromatic carbocycles. The predicted octanol–water partition coefficient (Wildman–Crippen LogP) is 4.45. The molecule has 0 fully saturated rings. The van der Waals surface area contributed by atoms with Gasteiger partial charge in [-0.2, -0.15) is 0 Å². The van der Waals surface area contributed by atoms with Gasteiger partial charge in [-0.15, -0.1) is 11.3 Å². The Bertz CT molecular complexity index is 504. The lowest BCUT2D eigenvalue weighted by Crippen LogP contribution is -2.29. The topological polar surface area (TPSA) is 12.0 Å². The molecule has 3 heteroatoms. The maximum absolute atomic E-state index is 3.48. The first-order valence-corrected chi connectivity index (χ1v) is 8.31. The fourth-order valence-corrected chi connectivity index (χ4v) is 3.45. The van der Waals surface area contributed by atoms with Crippen molar-refractivity contribution in [3.8, 4) is 0 Å². The standard InChI is InChI=1S/C16H20BrNS/c1-3-15-8-9-16(19-15)11-14(18-2)10-12-4-6-13(17)7-5-12/h4-9,14,18H,3,10-11H2,1-2H3. The smallest absolute Gasteiger partial charge is 0.0175 e. The second-order valence-electron chi connectivity index (χ2n) is 4.74.